The lowest BCUT2D eigenvalue weighted by Gasteiger charge is -2.26. The molecule has 0 bridgehead atoms. The van der Waals surface area contributed by atoms with Gasteiger partial charge in [0.2, 0.25) is 0 Å². The highest BCUT2D eigenvalue weighted by molar-refractivity contribution is 6.22. The third-order valence-electron chi connectivity index (χ3n) is 12.8. The van der Waals surface area contributed by atoms with Gasteiger partial charge in [0.25, 0.3) is 0 Å². The van der Waals surface area contributed by atoms with Gasteiger partial charge in [0, 0.05) is 17.1 Å². The Morgan fingerprint density at radius 2 is 0.619 bits per heavy atom. The van der Waals surface area contributed by atoms with E-state index in [0.29, 0.717) is 0 Å². The van der Waals surface area contributed by atoms with Crippen molar-refractivity contribution in [2.45, 2.75) is 0 Å². The molecule has 0 aliphatic carbocycles. The maximum absolute atomic E-state index is 2.40. The van der Waals surface area contributed by atoms with Crippen LogP contribution in [-0.2, 0) is 0 Å². The van der Waals surface area contributed by atoms with Gasteiger partial charge in [-0.2, -0.15) is 0 Å². The molecule has 0 radical (unpaired) electrons. The molecule has 12 rings (SSSR count). The van der Waals surface area contributed by atoms with Crippen LogP contribution in [0, 0.1) is 0 Å². The molecule has 0 saturated carbocycles. The smallest absolute Gasteiger partial charge is 0.0468 e. The number of rotatable bonds is 7. The lowest BCUT2D eigenvalue weighted by Crippen LogP contribution is -2.09. The first-order chi connectivity index (χ1) is 31.2. The summed E-state index contributed by atoms with van der Waals surface area (Å²) in [5.41, 5.74) is 13.0. The SMILES string of the molecule is c1ccc(-c2c(-c3ccccc3)c3cc(-c4ccc(N(c5ccc(-c6ccc7c(ccc8ccccc87)c6)cc5)c5ccc6ccccc6c5)cc4)ccc3c3ccccc23)cc1. The van der Waals surface area contributed by atoms with E-state index in [0.717, 1.165) is 17.1 Å². The fourth-order valence-corrected chi connectivity index (χ4v) is 9.74. The number of nitrogens with zero attached hydrogens (tertiary/aromatic N) is 1. The van der Waals surface area contributed by atoms with Crippen LogP contribution in [0.5, 0.6) is 0 Å². The Kier molecular flexibility index (Phi) is 8.90. The molecule has 0 atom stereocenters. The summed E-state index contributed by atoms with van der Waals surface area (Å²) in [6.45, 7) is 0. The second-order valence-electron chi connectivity index (χ2n) is 16.5. The van der Waals surface area contributed by atoms with Gasteiger partial charge < -0.3 is 4.90 Å². The van der Waals surface area contributed by atoms with Gasteiger partial charge in [-0.15, -0.1) is 0 Å². The molecule has 0 amide bonds. The Balaban J connectivity index is 0.961. The van der Waals surface area contributed by atoms with Crippen LogP contribution in [0.4, 0.5) is 17.1 Å². The Bertz CT molecular complexity index is 3650. The Hall–Kier alpha value is -8.26. The maximum atomic E-state index is 2.40. The lowest BCUT2D eigenvalue weighted by molar-refractivity contribution is 1.29. The molecule has 12 aromatic rings. The van der Waals surface area contributed by atoms with Crippen LogP contribution in [-0.4, -0.2) is 0 Å². The number of hydrogen-bond acceptors (Lipinski definition) is 1. The maximum Gasteiger partial charge on any atom is 0.0468 e. The first-order valence-electron chi connectivity index (χ1n) is 21.7. The van der Waals surface area contributed by atoms with Gasteiger partial charge in [-0.05, 0) is 147 Å². The Labute approximate surface area is 367 Å². The van der Waals surface area contributed by atoms with Crippen molar-refractivity contribution in [1.29, 1.82) is 0 Å². The van der Waals surface area contributed by atoms with E-state index in [2.05, 4.69) is 254 Å². The van der Waals surface area contributed by atoms with E-state index in [9.17, 15) is 0 Å². The topological polar surface area (TPSA) is 3.24 Å². The van der Waals surface area contributed by atoms with Gasteiger partial charge in [-0.1, -0.05) is 200 Å². The molecule has 63 heavy (non-hydrogen) atoms. The van der Waals surface area contributed by atoms with Gasteiger partial charge in [-0.3, -0.25) is 0 Å². The van der Waals surface area contributed by atoms with E-state index in [4.69, 9.17) is 0 Å². The summed E-state index contributed by atoms with van der Waals surface area (Å²) in [4.78, 5) is 2.37. The van der Waals surface area contributed by atoms with Crippen molar-refractivity contribution < 1.29 is 0 Å². The van der Waals surface area contributed by atoms with Crippen LogP contribution < -0.4 is 4.90 Å². The number of benzene rings is 12. The zero-order chi connectivity index (χ0) is 41.7. The lowest BCUT2D eigenvalue weighted by atomic mass is 9.84. The third kappa shape index (κ3) is 6.50. The molecular weight excluding hydrogens is 759 g/mol. The highest BCUT2D eigenvalue weighted by Crippen LogP contribution is 2.46. The molecule has 1 nitrogen and oxygen atoms in total. The summed E-state index contributed by atoms with van der Waals surface area (Å²) in [6, 6.07) is 91.0. The Morgan fingerprint density at radius 3 is 1.29 bits per heavy atom. The van der Waals surface area contributed by atoms with Crippen molar-refractivity contribution in [3.63, 3.8) is 0 Å². The van der Waals surface area contributed by atoms with E-state index in [1.807, 2.05) is 0 Å². The predicted molar refractivity (Wildman–Crippen MR) is 270 cm³/mol. The molecule has 1 heteroatoms. The van der Waals surface area contributed by atoms with E-state index in [1.165, 1.54) is 98.4 Å². The first-order valence-corrected chi connectivity index (χ1v) is 21.7. The van der Waals surface area contributed by atoms with Crippen LogP contribution in [0.1, 0.15) is 0 Å². The van der Waals surface area contributed by atoms with E-state index < -0.39 is 0 Å². The van der Waals surface area contributed by atoms with Crippen LogP contribution in [0.2, 0.25) is 0 Å². The summed E-state index contributed by atoms with van der Waals surface area (Å²) in [5.74, 6) is 0. The highest BCUT2D eigenvalue weighted by Gasteiger charge is 2.19. The van der Waals surface area contributed by atoms with Crippen LogP contribution in [0.15, 0.2) is 249 Å². The predicted octanol–water partition coefficient (Wildman–Crippen LogP) is 17.6. The molecule has 0 aromatic heterocycles. The molecule has 0 aliphatic rings. The van der Waals surface area contributed by atoms with Gasteiger partial charge in [-0.25, -0.2) is 0 Å². The number of hydrogen-bond donors (Lipinski definition) is 0. The fraction of sp³-hybridized carbons (Fsp3) is 0. The number of anilines is 3. The van der Waals surface area contributed by atoms with E-state index >= 15 is 0 Å². The van der Waals surface area contributed by atoms with E-state index in [1.54, 1.807) is 0 Å². The standard InChI is InChI=1S/C62H41N/c1-3-15-46(16-4-1)61-59-22-12-11-21-57(59)58-38-31-50(41-60(58)62(61)47-17-5-2-6-18-47)44-27-34-53(35-28-44)63(54-36-29-42-13-7-8-19-48(42)40-54)52-32-25-43(26-33-52)49-30-37-56-51(39-49)24-23-45-14-9-10-20-55(45)56/h1-41H. The average Bonchev–Trinajstić information content (AvgIpc) is 3.36. The minimum absolute atomic E-state index is 1.10. The van der Waals surface area contributed by atoms with Gasteiger partial charge in [0.05, 0.1) is 0 Å². The van der Waals surface area contributed by atoms with Crippen LogP contribution >= 0.6 is 0 Å². The molecule has 0 N–H and O–H groups in total. The summed E-state index contributed by atoms with van der Waals surface area (Å²) >= 11 is 0. The minimum atomic E-state index is 1.10. The normalized spacial score (nSPS) is 11.5. The molecule has 0 saturated heterocycles. The summed E-state index contributed by atoms with van der Waals surface area (Å²) in [5, 5.41) is 12.6. The molecule has 0 unspecified atom stereocenters. The molecule has 12 aromatic carbocycles. The largest absolute Gasteiger partial charge is 0.310 e. The number of fused-ring (bicyclic) bond motifs is 7. The van der Waals surface area contributed by atoms with Gasteiger partial charge in [0.15, 0.2) is 0 Å². The van der Waals surface area contributed by atoms with Crippen LogP contribution in [0.3, 0.4) is 0 Å². The summed E-state index contributed by atoms with van der Waals surface area (Å²) < 4.78 is 0. The molecule has 0 heterocycles. The quantitative estimate of drug-likeness (QED) is 0.145. The van der Waals surface area contributed by atoms with Crippen molar-refractivity contribution in [3.05, 3.63) is 249 Å². The minimum Gasteiger partial charge on any atom is -0.310 e. The van der Waals surface area contributed by atoms with E-state index in [-0.39, 0.29) is 0 Å². The van der Waals surface area contributed by atoms with Gasteiger partial charge >= 0.3 is 0 Å². The van der Waals surface area contributed by atoms with Crippen molar-refractivity contribution in [1.82, 2.24) is 0 Å². The molecule has 0 fully saturated rings. The summed E-state index contributed by atoms with van der Waals surface area (Å²) in [6.07, 6.45) is 0. The molecular formula is C62H41N. The second kappa shape index (κ2) is 15.3. The second-order valence-corrected chi connectivity index (χ2v) is 16.5. The monoisotopic (exact) mass is 799 g/mol. The van der Waals surface area contributed by atoms with Crippen molar-refractivity contribution in [3.8, 4) is 44.5 Å². The average molecular weight is 800 g/mol. The van der Waals surface area contributed by atoms with Gasteiger partial charge in [0.1, 0.15) is 0 Å². The van der Waals surface area contributed by atoms with Crippen molar-refractivity contribution in [2.75, 3.05) is 4.90 Å². The summed E-state index contributed by atoms with van der Waals surface area (Å²) in [7, 11) is 0. The molecule has 0 aliphatic heterocycles. The molecule has 0 spiro atoms. The van der Waals surface area contributed by atoms with Crippen LogP contribution in [0.25, 0.3) is 98.4 Å². The van der Waals surface area contributed by atoms with Crippen molar-refractivity contribution in [2.24, 2.45) is 0 Å². The Morgan fingerprint density at radius 1 is 0.190 bits per heavy atom. The van der Waals surface area contributed by atoms with Crippen molar-refractivity contribution >= 4 is 70.9 Å². The highest BCUT2D eigenvalue weighted by atomic mass is 15.1. The third-order valence-corrected chi connectivity index (χ3v) is 12.8. The first kappa shape index (κ1) is 36.6. The fourth-order valence-electron chi connectivity index (χ4n) is 9.74. The molecule has 294 valence electrons. The zero-order valence-corrected chi connectivity index (χ0v) is 34.6. The zero-order valence-electron chi connectivity index (χ0n) is 34.6.